The molecule has 4 heteroatoms. The standard InChI is InChI=1S/C5H13NOSi2/c1-9(7-8)5-3-2-4-6/h9H,2-3,5H2,1,8H3. The Morgan fingerprint density at radius 1 is 1.78 bits per heavy atom. The average Bonchev–Trinajstić information content (AvgIpc) is 1.89. The summed E-state index contributed by atoms with van der Waals surface area (Å²) < 4.78 is 5.27. The van der Waals surface area contributed by atoms with Gasteiger partial charge in [-0.1, -0.05) is 0 Å². The fourth-order valence-corrected chi connectivity index (χ4v) is 2.31. The lowest BCUT2D eigenvalue weighted by atomic mass is 10.4. The summed E-state index contributed by atoms with van der Waals surface area (Å²) in [6.07, 6.45) is 1.73. The fourth-order valence-electron chi connectivity index (χ4n) is 0.586. The highest BCUT2D eigenvalue weighted by molar-refractivity contribution is 6.54. The van der Waals surface area contributed by atoms with Crippen LogP contribution >= 0.6 is 0 Å². The van der Waals surface area contributed by atoms with E-state index < -0.39 is 9.04 Å². The van der Waals surface area contributed by atoms with Crippen molar-refractivity contribution >= 4 is 19.5 Å². The van der Waals surface area contributed by atoms with Crippen LogP contribution in [0.25, 0.3) is 0 Å². The first kappa shape index (κ1) is 8.88. The maximum Gasteiger partial charge on any atom is 0.159 e. The summed E-state index contributed by atoms with van der Waals surface area (Å²) in [4.78, 5) is 0. The summed E-state index contributed by atoms with van der Waals surface area (Å²) in [5, 5.41) is 8.19. The van der Waals surface area contributed by atoms with Crippen molar-refractivity contribution in [3.8, 4) is 6.07 Å². The van der Waals surface area contributed by atoms with Crippen LogP contribution in [0.5, 0.6) is 0 Å². The quantitative estimate of drug-likeness (QED) is 0.425. The van der Waals surface area contributed by atoms with Crippen LogP contribution in [0.4, 0.5) is 0 Å². The Morgan fingerprint density at radius 3 is 2.89 bits per heavy atom. The van der Waals surface area contributed by atoms with Gasteiger partial charge in [-0.15, -0.1) is 0 Å². The van der Waals surface area contributed by atoms with Crippen molar-refractivity contribution in [2.24, 2.45) is 0 Å². The van der Waals surface area contributed by atoms with Gasteiger partial charge in [0.2, 0.25) is 0 Å². The van der Waals surface area contributed by atoms with Crippen LogP contribution in [0.1, 0.15) is 12.8 Å². The van der Waals surface area contributed by atoms with E-state index in [1.165, 1.54) is 0 Å². The van der Waals surface area contributed by atoms with Crippen LogP contribution in [0.3, 0.4) is 0 Å². The molecule has 52 valence electrons. The fraction of sp³-hybridized carbons (Fsp3) is 0.800. The average molecular weight is 159 g/mol. The van der Waals surface area contributed by atoms with E-state index in [1.54, 1.807) is 0 Å². The van der Waals surface area contributed by atoms with Gasteiger partial charge >= 0.3 is 0 Å². The topological polar surface area (TPSA) is 33.0 Å². The Bertz CT molecular complexity index is 102. The first-order chi connectivity index (χ1) is 4.31. The minimum Gasteiger partial charge on any atom is -0.466 e. The van der Waals surface area contributed by atoms with Crippen molar-refractivity contribution < 1.29 is 4.12 Å². The molecule has 0 aliphatic rings. The molecule has 0 aliphatic heterocycles. The smallest absolute Gasteiger partial charge is 0.159 e. The van der Waals surface area contributed by atoms with Gasteiger partial charge in [0.05, 0.1) is 6.07 Å². The van der Waals surface area contributed by atoms with Crippen molar-refractivity contribution in [2.45, 2.75) is 25.4 Å². The Morgan fingerprint density at radius 2 is 2.44 bits per heavy atom. The summed E-state index contributed by atoms with van der Waals surface area (Å²) in [6, 6.07) is 3.29. The van der Waals surface area contributed by atoms with Crippen LogP contribution in [-0.2, 0) is 4.12 Å². The van der Waals surface area contributed by atoms with Crippen LogP contribution in [0.2, 0.25) is 12.6 Å². The number of rotatable bonds is 4. The second-order valence-corrected chi connectivity index (χ2v) is 6.18. The molecule has 0 spiro atoms. The van der Waals surface area contributed by atoms with Gasteiger partial charge in [-0.2, -0.15) is 5.26 Å². The molecule has 9 heavy (non-hydrogen) atoms. The molecule has 2 nitrogen and oxygen atoms in total. The molecule has 0 saturated heterocycles. The van der Waals surface area contributed by atoms with Crippen molar-refractivity contribution in [1.29, 1.82) is 5.26 Å². The third kappa shape index (κ3) is 5.76. The van der Waals surface area contributed by atoms with Gasteiger partial charge in [0.25, 0.3) is 0 Å². The molecular weight excluding hydrogens is 146 g/mol. The second-order valence-electron chi connectivity index (χ2n) is 2.10. The molecule has 0 rings (SSSR count). The normalized spacial score (nSPS) is 12.9. The summed E-state index contributed by atoms with van der Waals surface area (Å²) in [7, 11) is 0.0676. The van der Waals surface area contributed by atoms with Crippen molar-refractivity contribution in [2.75, 3.05) is 0 Å². The maximum absolute atomic E-state index is 8.19. The minimum atomic E-state index is -0.802. The number of nitrogens with zero attached hydrogens (tertiary/aromatic N) is 1. The van der Waals surface area contributed by atoms with Crippen LogP contribution in [-0.4, -0.2) is 19.5 Å². The highest BCUT2D eigenvalue weighted by Crippen LogP contribution is 1.99. The lowest BCUT2D eigenvalue weighted by molar-refractivity contribution is 0.630. The van der Waals surface area contributed by atoms with Gasteiger partial charge in [-0.05, 0) is 19.0 Å². The summed E-state index contributed by atoms with van der Waals surface area (Å²) in [6.45, 7) is 2.18. The Labute approximate surface area is 61.1 Å². The van der Waals surface area contributed by atoms with Crippen LogP contribution in [0.15, 0.2) is 0 Å². The van der Waals surface area contributed by atoms with Crippen LogP contribution < -0.4 is 0 Å². The Balaban J connectivity index is 2.99. The molecule has 0 bridgehead atoms. The van der Waals surface area contributed by atoms with Gasteiger partial charge in [0.1, 0.15) is 10.5 Å². The highest BCUT2D eigenvalue weighted by Gasteiger charge is 1.98. The van der Waals surface area contributed by atoms with Crippen molar-refractivity contribution in [3.63, 3.8) is 0 Å². The number of hydrogen-bond acceptors (Lipinski definition) is 2. The van der Waals surface area contributed by atoms with Gasteiger partial charge in [-0.3, -0.25) is 0 Å². The molecule has 0 fully saturated rings. The lowest BCUT2D eigenvalue weighted by Crippen LogP contribution is -2.09. The van der Waals surface area contributed by atoms with Crippen molar-refractivity contribution in [3.05, 3.63) is 0 Å². The van der Waals surface area contributed by atoms with E-state index in [9.17, 15) is 0 Å². The molecule has 0 heterocycles. The first-order valence-electron chi connectivity index (χ1n) is 3.21. The third-order valence-electron chi connectivity index (χ3n) is 1.30. The zero-order valence-corrected chi connectivity index (χ0v) is 9.21. The highest BCUT2D eigenvalue weighted by atomic mass is 28.3. The zero-order valence-electron chi connectivity index (χ0n) is 6.05. The summed E-state index contributed by atoms with van der Waals surface area (Å²) >= 11 is 0. The molecule has 0 aliphatic carbocycles. The van der Waals surface area contributed by atoms with Gasteiger partial charge in [-0.25, -0.2) is 0 Å². The maximum atomic E-state index is 8.19. The van der Waals surface area contributed by atoms with Crippen molar-refractivity contribution in [1.82, 2.24) is 0 Å². The molecule has 0 aromatic rings. The third-order valence-corrected chi connectivity index (χ3v) is 5.74. The second kappa shape index (κ2) is 6.01. The molecule has 1 atom stereocenters. The largest absolute Gasteiger partial charge is 0.466 e. The Kier molecular flexibility index (Phi) is 5.93. The summed E-state index contributed by atoms with van der Waals surface area (Å²) in [5.74, 6) is 0. The number of hydrogen-bond donors (Lipinski definition) is 0. The zero-order chi connectivity index (χ0) is 7.11. The van der Waals surface area contributed by atoms with E-state index in [2.05, 4.69) is 12.6 Å². The number of nitriles is 1. The lowest BCUT2D eigenvalue weighted by Gasteiger charge is -2.04. The predicted molar refractivity (Wildman–Crippen MR) is 43.7 cm³/mol. The van der Waals surface area contributed by atoms with Gasteiger partial charge < -0.3 is 4.12 Å². The van der Waals surface area contributed by atoms with E-state index in [4.69, 9.17) is 9.38 Å². The van der Waals surface area contributed by atoms with E-state index in [-0.39, 0.29) is 0 Å². The predicted octanol–water partition coefficient (Wildman–Crippen LogP) is -0.0592. The minimum absolute atomic E-state index is 0.697. The van der Waals surface area contributed by atoms with Gasteiger partial charge in [0.15, 0.2) is 9.04 Å². The molecule has 1 unspecified atom stereocenters. The molecule has 0 aromatic heterocycles. The molecule has 0 aromatic carbocycles. The van der Waals surface area contributed by atoms with E-state index in [1.807, 2.05) is 0 Å². The molecular formula is C5H13NOSi2. The van der Waals surface area contributed by atoms with E-state index >= 15 is 0 Å². The molecule has 0 amide bonds. The van der Waals surface area contributed by atoms with E-state index in [0.717, 1.165) is 23.0 Å². The first-order valence-corrected chi connectivity index (χ1v) is 6.47. The molecule has 0 saturated carbocycles. The monoisotopic (exact) mass is 159 g/mol. The molecule has 0 radical (unpaired) electrons. The molecule has 0 N–H and O–H groups in total. The van der Waals surface area contributed by atoms with Crippen LogP contribution in [0, 0.1) is 11.3 Å². The Hall–Kier alpha value is -0.116. The number of unbranched alkanes of at least 4 members (excludes halogenated alkanes) is 1. The van der Waals surface area contributed by atoms with Gasteiger partial charge in [0, 0.05) is 6.42 Å². The van der Waals surface area contributed by atoms with E-state index in [0.29, 0.717) is 6.42 Å². The SMILES string of the molecule is C[SiH](CCCC#N)O[SiH3]. The summed E-state index contributed by atoms with van der Waals surface area (Å²) in [5.41, 5.74) is 0.